The zero-order valence-corrected chi connectivity index (χ0v) is 12.5. The minimum Gasteiger partial charge on any atom is -0.389 e. The maximum atomic E-state index is 11.9. The van der Waals surface area contributed by atoms with Crippen LogP contribution in [0.3, 0.4) is 0 Å². The standard InChI is InChI=1S/C13H13ClN4OS/c1-7(11-8(2)18-20-12(11)15)16-17-13(19)9-3-5-10(14)6-4-9/h3-6H,15H2,1-2H3,(H,17,19)/b16-7-. The first kappa shape index (κ1) is 14.5. The summed E-state index contributed by atoms with van der Waals surface area (Å²) in [5.41, 5.74) is 11.0. The number of amides is 1. The van der Waals surface area contributed by atoms with Gasteiger partial charge in [-0.25, -0.2) is 5.43 Å². The largest absolute Gasteiger partial charge is 0.389 e. The van der Waals surface area contributed by atoms with Crippen molar-refractivity contribution in [3.05, 3.63) is 46.1 Å². The van der Waals surface area contributed by atoms with E-state index in [0.29, 0.717) is 21.3 Å². The molecule has 3 N–H and O–H groups in total. The van der Waals surface area contributed by atoms with Crippen molar-refractivity contribution in [3.8, 4) is 0 Å². The monoisotopic (exact) mass is 308 g/mol. The molecule has 1 aromatic carbocycles. The number of aromatic nitrogens is 1. The number of nitrogen functional groups attached to an aromatic ring is 1. The number of rotatable bonds is 3. The smallest absolute Gasteiger partial charge is 0.271 e. The molecule has 0 atom stereocenters. The average molecular weight is 309 g/mol. The Hall–Kier alpha value is -1.92. The van der Waals surface area contributed by atoms with Gasteiger partial charge in [-0.05, 0) is 49.6 Å². The average Bonchev–Trinajstić information content (AvgIpc) is 2.76. The Morgan fingerprint density at radius 2 is 2.05 bits per heavy atom. The zero-order valence-electron chi connectivity index (χ0n) is 11.0. The molecule has 0 aliphatic heterocycles. The van der Waals surface area contributed by atoms with E-state index >= 15 is 0 Å². The van der Waals surface area contributed by atoms with Crippen LogP contribution in [0, 0.1) is 6.92 Å². The molecule has 0 saturated heterocycles. The minimum atomic E-state index is -0.305. The molecule has 0 saturated carbocycles. The first-order valence-corrected chi connectivity index (χ1v) is 6.96. The Balaban J connectivity index is 2.13. The molecule has 0 fully saturated rings. The molecule has 1 aromatic heterocycles. The molecule has 0 bridgehead atoms. The highest BCUT2D eigenvalue weighted by Crippen LogP contribution is 2.21. The van der Waals surface area contributed by atoms with Gasteiger partial charge in [0.1, 0.15) is 5.00 Å². The molecule has 0 spiro atoms. The summed E-state index contributed by atoms with van der Waals surface area (Å²) in [5.74, 6) is -0.305. The van der Waals surface area contributed by atoms with E-state index in [0.717, 1.165) is 11.3 Å². The lowest BCUT2D eigenvalue weighted by atomic mass is 10.2. The van der Waals surface area contributed by atoms with Crippen molar-refractivity contribution in [1.82, 2.24) is 9.80 Å². The van der Waals surface area contributed by atoms with E-state index in [1.165, 1.54) is 11.5 Å². The third-order valence-electron chi connectivity index (χ3n) is 2.68. The minimum absolute atomic E-state index is 0.305. The quantitative estimate of drug-likeness (QED) is 0.676. The second kappa shape index (κ2) is 6.02. The van der Waals surface area contributed by atoms with Crippen molar-refractivity contribution in [2.45, 2.75) is 13.8 Å². The summed E-state index contributed by atoms with van der Waals surface area (Å²) in [5, 5.41) is 5.22. The van der Waals surface area contributed by atoms with Gasteiger partial charge in [0.2, 0.25) is 0 Å². The lowest BCUT2D eigenvalue weighted by Crippen LogP contribution is -2.19. The summed E-state index contributed by atoms with van der Waals surface area (Å²) in [6, 6.07) is 6.57. The van der Waals surface area contributed by atoms with Crippen LogP contribution in [-0.2, 0) is 0 Å². The number of hydrogen-bond donors (Lipinski definition) is 2. The molecule has 1 amide bonds. The Kier molecular flexibility index (Phi) is 4.36. The van der Waals surface area contributed by atoms with E-state index in [2.05, 4.69) is 14.9 Å². The second-order valence-corrected chi connectivity index (χ2v) is 5.39. The molecule has 104 valence electrons. The van der Waals surface area contributed by atoms with Gasteiger partial charge < -0.3 is 5.73 Å². The number of carbonyl (C=O) groups is 1. The molecular weight excluding hydrogens is 296 g/mol. The molecular formula is C13H13ClN4OS. The van der Waals surface area contributed by atoms with Crippen LogP contribution < -0.4 is 11.2 Å². The van der Waals surface area contributed by atoms with Crippen molar-refractivity contribution >= 4 is 39.8 Å². The number of hydrazone groups is 1. The zero-order chi connectivity index (χ0) is 14.7. The van der Waals surface area contributed by atoms with Crippen LogP contribution in [-0.4, -0.2) is 16.0 Å². The van der Waals surface area contributed by atoms with Crippen LogP contribution in [0.25, 0.3) is 0 Å². The van der Waals surface area contributed by atoms with E-state index in [4.69, 9.17) is 17.3 Å². The highest BCUT2D eigenvalue weighted by molar-refractivity contribution is 7.10. The van der Waals surface area contributed by atoms with Gasteiger partial charge in [-0.3, -0.25) is 4.79 Å². The summed E-state index contributed by atoms with van der Waals surface area (Å²) in [6.45, 7) is 3.62. The van der Waals surface area contributed by atoms with E-state index < -0.39 is 0 Å². The predicted molar refractivity (Wildman–Crippen MR) is 82.4 cm³/mol. The fourth-order valence-electron chi connectivity index (χ4n) is 1.68. The van der Waals surface area contributed by atoms with Gasteiger partial charge in [0.15, 0.2) is 0 Å². The summed E-state index contributed by atoms with van der Waals surface area (Å²) in [7, 11) is 0. The summed E-state index contributed by atoms with van der Waals surface area (Å²) in [4.78, 5) is 11.9. The van der Waals surface area contributed by atoms with Crippen molar-refractivity contribution < 1.29 is 4.79 Å². The number of nitrogens with one attached hydrogen (secondary N) is 1. The topological polar surface area (TPSA) is 80.4 Å². The number of anilines is 1. The molecule has 0 unspecified atom stereocenters. The van der Waals surface area contributed by atoms with Gasteiger partial charge in [0.05, 0.1) is 17.0 Å². The maximum Gasteiger partial charge on any atom is 0.271 e. The summed E-state index contributed by atoms with van der Waals surface area (Å²) in [6.07, 6.45) is 0. The maximum absolute atomic E-state index is 11.9. The normalized spacial score (nSPS) is 11.4. The van der Waals surface area contributed by atoms with E-state index in [-0.39, 0.29) is 5.91 Å². The van der Waals surface area contributed by atoms with E-state index in [1.54, 1.807) is 31.2 Å². The number of halogens is 1. The second-order valence-electron chi connectivity index (χ2n) is 4.15. The number of hydrogen-bond acceptors (Lipinski definition) is 5. The van der Waals surface area contributed by atoms with Gasteiger partial charge in [0.25, 0.3) is 5.91 Å². The van der Waals surface area contributed by atoms with Gasteiger partial charge in [-0.15, -0.1) is 0 Å². The molecule has 0 radical (unpaired) electrons. The highest BCUT2D eigenvalue weighted by Gasteiger charge is 2.11. The fourth-order valence-corrected chi connectivity index (χ4v) is 2.52. The highest BCUT2D eigenvalue weighted by atomic mass is 35.5. The molecule has 2 aromatic rings. The summed E-state index contributed by atoms with van der Waals surface area (Å²) < 4.78 is 4.14. The molecule has 0 aliphatic rings. The fraction of sp³-hybridized carbons (Fsp3) is 0.154. The molecule has 1 heterocycles. The van der Waals surface area contributed by atoms with Gasteiger partial charge >= 0.3 is 0 Å². The Morgan fingerprint density at radius 1 is 1.40 bits per heavy atom. The van der Waals surface area contributed by atoms with Crippen LogP contribution in [0.5, 0.6) is 0 Å². The van der Waals surface area contributed by atoms with Crippen LogP contribution in [0.4, 0.5) is 5.00 Å². The van der Waals surface area contributed by atoms with E-state index in [9.17, 15) is 4.79 Å². The number of nitrogens with two attached hydrogens (primary N) is 1. The molecule has 20 heavy (non-hydrogen) atoms. The Morgan fingerprint density at radius 3 is 2.60 bits per heavy atom. The van der Waals surface area contributed by atoms with Gasteiger partial charge in [0, 0.05) is 10.6 Å². The number of benzene rings is 1. The van der Waals surface area contributed by atoms with Crippen molar-refractivity contribution in [1.29, 1.82) is 0 Å². The first-order chi connectivity index (χ1) is 9.49. The third-order valence-corrected chi connectivity index (χ3v) is 3.70. The summed E-state index contributed by atoms with van der Waals surface area (Å²) >= 11 is 6.98. The lowest BCUT2D eigenvalue weighted by Gasteiger charge is -2.03. The van der Waals surface area contributed by atoms with Crippen molar-refractivity contribution in [2.24, 2.45) is 5.10 Å². The Labute approximate surface area is 125 Å². The molecule has 7 heteroatoms. The SMILES string of the molecule is C/C(=N/NC(=O)c1ccc(Cl)cc1)c1c(C)nsc1N. The van der Waals surface area contributed by atoms with Crippen molar-refractivity contribution in [3.63, 3.8) is 0 Å². The van der Waals surface area contributed by atoms with Crippen LogP contribution in [0.2, 0.25) is 5.02 Å². The van der Waals surface area contributed by atoms with Crippen molar-refractivity contribution in [2.75, 3.05) is 5.73 Å². The third kappa shape index (κ3) is 3.15. The van der Waals surface area contributed by atoms with Crippen LogP contribution in [0.15, 0.2) is 29.4 Å². The van der Waals surface area contributed by atoms with Gasteiger partial charge in [-0.1, -0.05) is 11.6 Å². The Bertz CT molecular complexity index is 644. The van der Waals surface area contributed by atoms with Crippen LogP contribution >= 0.6 is 23.1 Å². The van der Waals surface area contributed by atoms with Crippen LogP contribution in [0.1, 0.15) is 28.5 Å². The number of aryl methyl sites for hydroxylation is 1. The predicted octanol–water partition coefficient (Wildman–Crippen LogP) is 2.84. The lowest BCUT2D eigenvalue weighted by molar-refractivity contribution is 0.0955. The molecule has 0 aliphatic carbocycles. The molecule has 2 rings (SSSR count). The molecule has 5 nitrogen and oxygen atoms in total. The van der Waals surface area contributed by atoms with Gasteiger partial charge in [-0.2, -0.15) is 9.47 Å². The first-order valence-electron chi connectivity index (χ1n) is 5.81. The number of carbonyl (C=O) groups excluding carboxylic acids is 1. The number of nitrogens with zero attached hydrogens (tertiary/aromatic N) is 2. The van der Waals surface area contributed by atoms with E-state index in [1.807, 2.05) is 6.92 Å².